The van der Waals surface area contributed by atoms with E-state index in [1.54, 1.807) is 19.3 Å². The summed E-state index contributed by atoms with van der Waals surface area (Å²) in [4.78, 5) is 24.3. The summed E-state index contributed by atoms with van der Waals surface area (Å²) in [5.74, 6) is -0.494. The fraction of sp³-hybridized carbons (Fsp3) is 0.0952. The lowest BCUT2D eigenvalue weighted by molar-refractivity contribution is -0.137. The maximum Gasteiger partial charge on any atom is 0.416 e. The summed E-state index contributed by atoms with van der Waals surface area (Å²) in [5.41, 5.74) is 3.42. The van der Waals surface area contributed by atoms with Crippen molar-refractivity contribution in [2.45, 2.75) is 13.1 Å². The standard InChI is InChI=1S/C21H15F3N4O/c1-12-2-8-16(13-3-9-17-18(10-13)26-11-25-17)28-19(12)20(29)27-15-6-4-14(5-7-15)21(22,23)24/h2-11H,1H3,(H,25,26)(H,27,29). The molecule has 29 heavy (non-hydrogen) atoms. The molecule has 2 aromatic heterocycles. The van der Waals surface area contributed by atoms with E-state index in [4.69, 9.17) is 0 Å². The van der Waals surface area contributed by atoms with Crippen LogP contribution < -0.4 is 5.32 Å². The predicted molar refractivity (Wildman–Crippen MR) is 103 cm³/mol. The molecule has 0 aliphatic carbocycles. The van der Waals surface area contributed by atoms with E-state index in [0.29, 0.717) is 11.3 Å². The minimum atomic E-state index is -4.43. The fourth-order valence-corrected chi connectivity index (χ4v) is 2.95. The Labute approximate surface area is 163 Å². The summed E-state index contributed by atoms with van der Waals surface area (Å²) in [6.45, 7) is 1.75. The lowest BCUT2D eigenvalue weighted by Gasteiger charge is -2.11. The normalized spacial score (nSPS) is 11.6. The maximum absolute atomic E-state index is 12.7. The van der Waals surface area contributed by atoms with Crippen molar-refractivity contribution in [3.05, 3.63) is 77.7 Å². The molecule has 2 heterocycles. The van der Waals surface area contributed by atoms with E-state index >= 15 is 0 Å². The predicted octanol–water partition coefficient (Wildman–Crippen LogP) is 5.20. The number of anilines is 1. The zero-order chi connectivity index (χ0) is 20.6. The van der Waals surface area contributed by atoms with Crippen LogP contribution in [0.5, 0.6) is 0 Å². The molecular formula is C21H15F3N4O. The second kappa shape index (κ2) is 7.05. The van der Waals surface area contributed by atoms with Crippen molar-refractivity contribution in [2.75, 3.05) is 5.32 Å². The van der Waals surface area contributed by atoms with Crippen LogP contribution in [0.4, 0.5) is 18.9 Å². The number of benzene rings is 2. The van der Waals surface area contributed by atoms with Gasteiger partial charge in [0.05, 0.1) is 28.6 Å². The molecule has 4 aromatic rings. The number of aryl methyl sites for hydroxylation is 1. The Hall–Kier alpha value is -3.68. The minimum Gasteiger partial charge on any atom is -0.345 e. The highest BCUT2D eigenvalue weighted by atomic mass is 19.4. The van der Waals surface area contributed by atoms with Gasteiger partial charge in [-0.1, -0.05) is 12.1 Å². The van der Waals surface area contributed by atoms with Crippen molar-refractivity contribution in [1.29, 1.82) is 0 Å². The second-order valence-electron chi connectivity index (χ2n) is 6.53. The van der Waals surface area contributed by atoms with Crippen LogP contribution in [0.25, 0.3) is 22.3 Å². The highest BCUT2D eigenvalue weighted by Crippen LogP contribution is 2.30. The van der Waals surface area contributed by atoms with Crippen LogP contribution in [0.3, 0.4) is 0 Å². The third-order valence-corrected chi connectivity index (χ3v) is 4.50. The number of aromatic nitrogens is 3. The van der Waals surface area contributed by atoms with Gasteiger partial charge in [0.25, 0.3) is 5.91 Å². The number of nitrogens with zero attached hydrogens (tertiary/aromatic N) is 2. The van der Waals surface area contributed by atoms with Crippen LogP contribution in [0.2, 0.25) is 0 Å². The van der Waals surface area contributed by atoms with Crippen LogP contribution in [-0.2, 0) is 6.18 Å². The first-order valence-corrected chi connectivity index (χ1v) is 8.71. The smallest absolute Gasteiger partial charge is 0.345 e. The number of fused-ring (bicyclic) bond motifs is 1. The molecule has 0 bridgehead atoms. The number of imidazole rings is 1. The Morgan fingerprint density at radius 1 is 1.03 bits per heavy atom. The van der Waals surface area contributed by atoms with Crippen molar-refractivity contribution in [1.82, 2.24) is 15.0 Å². The van der Waals surface area contributed by atoms with Gasteiger partial charge in [0, 0.05) is 11.3 Å². The summed E-state index contributed by atoms with van der Waals surface area (Å²) >= 11 is 0. The van der Waals surface area contributed by atoms with Crippen LogP contribution >= 0.6 is 0 Å². The first-order valence-electron chi connectivity index (χ1n) is 8.71. The number of carbonyl (C=O) groups is 1. The molecule has 1 amide bonds. The third kappa shape index (κ3) is 3.82. The number of amides is 1. The van der Waals surface area contributed by atoms with Gasteiger partial charge in [-0.05, 0) is 55.0 Å². The molecule has 5 nitrogen and oxygen atoms in total. The van der Waals surface area contributed by atoms with E-state index in [2.05, 4.69) is 20.3 Å². The van der Waals surface area contributed by atoms with E-state index < -0.39 is 17.6 Å². The Bertz CT molecular complexity index is 1200. The van der Waals surface area contributed by atoms with Crippen molar-refractivity contribution in [3.63, 3.8) is 0 Å². The third-order valence-electron chi connectivity index (χ3n) is 4.50. The summed E-state index contributed by atoms with van der Waals surface area (Å²) in [6, 6.07) is 13.5. The fourth-order valence-electron chi connectivity index (χ4n) is 2.95. The number of aromatic amines is 1. The molecule has 0 saturated carbocycles. The van der Waals surface area contributed by atoms with E-state index in [0.717, 1.165) is 28.7 Å². The summed E-state index contributed by atoms with van der Waals surface area (Å²) in [5, 5.41) is 2.60. The quantitative estimate of drug-likeness (QED) is 0.500. The summed E-state index contributed by atoms with van der Waals surface area (Å²) < 4.78 is 38.0. The average Bonchev–Trinajstić information content (AvgIpc) is 3.16. The van der Waals surface area contributed by atoms with E-state index in [1.807, 2.05) is 24.3 Å². The second-order valence-corrected chi connectivity index (χ2v) is 6.53. The van der Waals surface area contributed by atoms with Gasteiger partial charge in [-0.25, -0.2) is 9.97 Å². The van der Waals surface area contributed by atoms with Gasteiger partial charge in [-0.15, -0.1) is 0 Å². The zero-order valence-corrected chi connectivity index (χ0v) is 15.2. The molecule has 2 aromatic carbocycles. The monoisotopic (exact) mass is 396 g/mol. The van der Waals surface area contributed by atoms with Crippen LogP contribution in [0.15, 0.2) is 60.9 Å². The maximum atomic E-state index is 12.7. The number of H-pyrrole nitrogens is 1. The molecule has 0 fully saturated rings. The zero-order valence-electron chi connectivity index (χ0n) is 15.2. The molecule has 2 N–H and O–H groups in total. The number of carbonyl (C=O) groups excluding carboxylic acids is 1. The van der Waals surface area contributed by atoms with Gasteiger partial charge >= 0.3 is 6.18 Å². The summed E-state index contributed by atoms with van der Waals surface area (Å²) in [7, 11) is 0. The van der Waals surface area contributed by atoms with Crippen molar-refractivity contribution < 1.29 is 18.0 Å². The van der Waals surface area contributed by atoms with Gasteiger partial charge in [0.2, 0.25) is 0 Å². The Kier molecular flexibility index (Phi) is 4.54. The molecule has 0 atom stereocenters. The van der Waals surface area contributed by atoms with Gasteiger partial charge in [-0.2, -0.15) is 13.2 Å². The van der Waals surface area contributed by atoms with Gasteiger partial charge < -0.3 is 10.3 Å². The number of pyridine rings is 1. The van der Waals surface area contributed by atoms with E-state index in [-0.39, 0.29) is 11.4 Å². The first kappa shape index (κ1) is 18.7. The molecule has 0 saturated heterocycles. The Balaban J connectivity index is 1.60. The molecule has 0 aliphatic heterocycles. The number of nitrogens with one attached hydrogen (secondary N) is 2. The molecule has 0 radical (unpaired) electrons. The van der Waals surface area contributed by atoms with Gasteiger partial charge in [-0.3, -0.25) is 4.79 Å². The highest BCUT2D eigenvalue weighted by Gasteiger charge is 2.30. The SMILES string of the molecule is Cc1ccc(-c2ccc3nc[nH]c3c2)nc1C(=O)Nc1ccc(C(F)(F)F)cc1. The number of halogens is 3. The molecule has 0 spiro atoms. The van der Waals surface area contributed by atoms with E-state index in [9.17, 15) is 18.0 Å². The molecule has 4 rings (SSSR count). The lowest BCUT2D eigenvalue weighted by Crippen LogP contribution is -2.16. The minimum absolute atomic E-state index is 0.201. The van der Waals surface area contributed by atoms with E-state index in [1.165, 1.54) is 12.1 Å². The van der Waals surface area contributed by atoms with Gasteiger partial charge in [0.15, 0.2) is 0 Å². The first-order chi connectivity index (χ1) is 13.8. The van der Waals surface area contributed by atoms with Crippen LogP contribution in [0, 0.1) is 6.92 Å². The Morgan fingerprint density at radius 3 is 2.52 bits per heavy atom. The van der Waals surface area contributed by atoms with Crippen molar-refractivity contribution in [3.8, 4) is 11.3 Å². The molecule has 0 unspecified atom stereocenters. The van der Waals surface area contributed by atoms with Gasteiger partial charge in [0.1, 0.15) is 5.69 Å². The average molecular weight is 396 g/mol. The van der Waals surface area contributed by atoms with Crippen molar-refractivity contribution >= 4 is 22.6 Å². The number of hydrogen-bond acceptors (Lipinski definition) is 3. The molecular weight excluding hydrogens is 381 g/mol. The van der Waals surface area contributed by atoms with Crippen LogP contribution in [0.1, 0.15) is 21.6 Å². The molecule has 8 heteroatoms. The number of hydrogen-bond donors (Lipinski definition) is 2. The number of alkyl halides is 3. The number of rotatable bonds is 3. The van der Waals surface area contributed by atoms with Crippen molar-refractivity contribution in [2.24, 2.45) is 0 Å². The summed E-state index contributed by atoms with van der Waals surface area (Å²) in [6.07, 6.45) is -2.83. The largest absolute Gasteiger partial charge is 0.416 e. The lowest BCUT2D eigenvalue weighted by atomic mass is 10.1. The van der Waals surface area contributed by atoms with Crippen LogP contribution in [-0.4, -0.2) is 20.9 Å². The molecule has 0 aliphatic rings. The molecule has 146 valence electrons. The Morgan fingerprint density at radius 2 is 1.79 bits per heavy atom. The topological polar surface area (TPSA) is 70.7 Å². The highest BCUT2D eigenvalue weighted by molar-refractivity contribution is 6.04.